The first-order valence-corrected chi connectivity index (χ1v) is 48.5. The minimum Gasteiger partial charge on any atom is -0.310 e. The number of Topliss-reactive ketones (excluding diaryl/α,β-unsaturated/α-hetero) is 6. The molecule has 19 aromatic carbocycles. The Morgan fingerprint density at radius 3 is 0.950 bits per heavy atom. The fraction of sp³-hybridized carbons (Fsp3) is 0.0968. The molecule has 0 radical (unpaired) electrons. The molecule has 0 unspecified atom stereocenters. The first-order valence-electron chi connectivity index (χ1n) is 46.2. The molecular weight excluding hydrogens is 1840 g/mol. The van der Waals surface area contributed by atoms with Gasteiger partial charge in [0, 0.05) is 44.2 Å². The number of allylic oxidation sites excluding steroid dienone is 3. The molecule has 0 atom stereocenters. The lowest BCUT2D eigenvalue weighted by Crippen LogP contribution is -2.38. The molecule has 0 N–H and O–H groups in total. The van der Waals surface area contributed by atoms with E-state index in [-0.39, 0.29) is 102 Å². The van der Waals surface area contributed by atoms with Crippen LogP contribution in [0, 0.1) is 0 Å². The molecule has 0 fully saturated rings. The lowest BCUT2D eigenvalue weighted by atomic mass is 9.64. The van der Waals surface area contributed by atoms with Gasteiger partial charge in [-0.2, -0.15) is 0 Å². The molecule has 7 aliphatic rings. The second kappa shape index (κ2) is 32.0. The zero-order chi connectivity index (χ0) is 95.8. The van der Waals surface area contributed by atoms with Gasteiger partial charge in [-0.3, -0.25) is 28.8 Å². The summed E-state index contributed by atoms with van der Waals surface area (Å²) < 4.78 is 0. The van der Waals surface area contributed by atoms with Gasteiger partial charge in [-0.25, -0.2) is 0 Å². The zero-order valence-electron chi connectivity index (χ0n) is 76.5. The van der Waals surface area contributed by atoms with Crippen molar-refractivity contribution in [3.8, 4) is 0 Å². The maximum Gasteiger partial charge on any atom is 0.199 e. The number of fused-ring (bicyclic) bond motifs is 22. The molecule has 0 aromatic heterocycles. The summed E-state index contributed by atoms with van der Waals surface area (Å²) in [5, 5.41) is 15.9. The van der Waals surface area contributed by atoms with Gasteiger partial charge in [-0.05, 0) is 276 Å². The van der Waals surface area contributed by atoms with Crippen molar-refractivity contribution in [2.24, 2.45) is 0 Å². The summed E-state index contributed by atoms with van der Waals surface area (Å²) in [4.78, 5) is 87.7. The largest absolute Gasteiger partial charge is 0.310 e. The van der Waals surface area contributed by atoms with E-state index in [1.165, 1.54) is 105 Å². The molecule has 4 heterocycles. The molecule has 0 spiro atoms. The van der Waals surface area contributed by atoms with Crippen molar-refractivity contribution in [1.29, 1.82) is 0 Å². The Balaban J connectivity index is 0.000000113. The molecular formula is C124H81Cl6N3O6. The van der Waals surface area contributed by atoms with Gasteiger partial charge in [0.25, 0.3) is 0 Å². The van der Waals surface area contributed by atoms with Crippen LogP contribution >= 0.6 is 69.6 Å². The number of carbonyl (C=O) groups is 6. The quantitative estimate of drug-likeness (QED) is 0.0719. The molecule has 15 heteroatoms. The van der Waals surface area contributed by atoms with Crippen LogP contribution in [0.5, 0.6) is 0 Å². The van der Waals surface area contributed by atoms with E-state index in [1.807, 2.05) is 72.8 Å². The number of ketones is 6. The summed E-state index contributed by atoms with van der Waals surface area (Å²) in [6.07, 6.45) is 5.01. The van der Waals surface area contributed by atoms with Gasteiger partial charge in [0.1, 0.15) is 0 Å². The van der Waals surface area contributed by atoms with Crippen LogP contribution in [0.3, 0.4) is 0 Å². The van der Waals surface area contributed by atoms with E-state index in [2.05, 4.69) is 313 Å². The first-order chi connectivity index (χ1) is 66.9. The Hall–Kier alpha value is -14.6. The molecule has 9 nitrogen and oxygen atoms in total. The van der Waals surface area contributed by atoms with Crippen LogP contribution in [-0.2, 0) is 21.7 Å². The van der Waals surface area contributed by atoms with Gasteiger partial charge in [-0.1, -0.05) is 331 Å². The minimum atomic E-state index is -0.528. The number of hydrogen-bond acceptors (Lipinski definition) is 9. The number of hydrogen-bond donors (Lipinski definition) is 0. The van der Waals surface area contributed by atoms with Crippen LogP contribution in [0.2, 0.25) is 30.1 Å². The Bertz CT molecular complexity index is 8840. The van der Waals surface area contributed by atoms with E-state index in [0.717, 1.165) is 77.3 Å². The second-order valence-corrected chi connectivity index (χ2v) is 41.3. The first kappa shape index (κ1) is 87.2. The molecule has 4 aliphatic heterocycles. The Morgan fingerprint density at radius 2 is 0.532 bits per heavy atom. The fourth-order valence-electron chi connectivity index (χ4n) is 23.1. The fourth-order valence-corrected chi connectivity index (χ4v) is 24.6. The highest BCUT2D eigenvalue weighted by molar-refractivity contribution is 6.58. The summed E-state index contributed by atoms with van der Waals surface area (Å²) in [5.74, 6) is -2.26. The third-order valence-corrected chi connectivity index (χ3v) is 32.1. The lowest BCUT2D eigenvalue weighted by molar-refractivity contribution is 0.0975. The normalized spacial score (nSPS) is 15.5. The number of anilines is 9. The Labute approximate surface area is 832 Å². The zero-order valence-corrected chi connectivity index (χ0v) is 81.0. The Kier molecular flexibility index (Phi) is 20.1. The summed E-state index contributed by atoms with van der Waals surface area (Å²) in [6, 6.07) is 113. The van der Waals surface area contributed by atoms with E-state index in [1.54, 1.807) is 30.4 Å². The summed E-state index contributed by atoms with van der Waals surface area (Å²) >= 11 is 37.7. The average Bonchev–Trinajstić information content (AvgIpc) is 0.911. The number of nitrogens with zero attached hydrogens (tertiary/aromatic N) is 3. The van der Waals surface area contributed by atoms with E-state index < -0.39 is 23.1 Å². The molecule has 0 saturated heterocycles. The summed E-state index contributed by atoms with van der Waals surface area (Å²) in [7, 11) is 0. The van der Waals surface area contributed by atoms with Crippen LogP contribution in [0.1, 0.15) is 179 Å². The number of rotatable bonds is 5. The molecule has 670 valence electrons. The van der Waals surface area contributed by atoms with Crippen molar-refractivity contribution >= 4 is 249 Å². The van der Waals surface area contributed by atoms with E-state index in [0.29, 0.717) is 16.7 Å². The van der Waals surface area contributed by atoms with Crippen LogP contribution in [0.4, 0.5) is 51.2 Å². The van der Waals surface area contributed by atoms with Gasteiger partial charge in [0.15, 0.2) is 34.7 Å². The van der Waals surface area contributed by atoms with Crippen LogP contribution < -0.4 is 14.7 Å². The third kappa shape index (κ3) is 13.2. The predicted octanol–water partition coefficient (Wildman–Crippen LogP) is 34.4. The molecule has 0 bridgehead atoms. The maximum absolute atomic E-state index is 13.6. The van der Waals surface area contributed by atoms with Crippen LogP contribution in [0.15, 0.2) is 344 Å². The Morgan fingerprint density at radius 1 is 0.223 bits per heavy atom. The van der Waals surface area contributed by atoms with Crippen molar-refractivity contribution in [1.82, 2.24) is 0 Å². The molecule has 0 amide bonds. The standard InChI is InChI=1S/C46H33NO2.C39H23Cl4NO2.C39H25Cl2NO2/c1-45(2)36-15-9-10-16-38(36)47-39-20-18-30-21-26(22-35-43(48)33-23-27-11-5-6-12-28(27)24-34(33)44(35)49)17-19-32(30)40(39)46(3,4)37-25-29-13-7-8-14-31(29)41(45)42(37)47;1-39(2)27-18-21-8-6-7-9-22(21)19-29(27)44(24-10-4-3-5-11-24)28-15-13-23-16-20(12-14-25(23)32(28)39)17-26-37(45)30-31(38(26)46)34(41)36(43)35(42)33(30)40;1-39(2)29-20-23-8-6-7-9-24(23)21-33(29)42(26-10-4-3-5-11-26)32-17-13-25-18-22(12-14-27(25)36(32)39)19-28-37(43)34-30(40)15-16-31(41)35(34)38(28)44/h5-25H,1-4H3;3-19H,1-2H3;3-21H,1-2H3. The van der Waals surface area contributed by atoms with Crippen LogP contribution in [-0.4, -0.2) is 34.7 Å². The minimum absolute atomic E-state index is 0.0129. The van der Waals surface area contributed by atoms with Gasteiger partial charge >= 0.3 is 0 Å². The molecule has 139 heavy (non-hydrogen) atoms. The van der Waals surface area contributed by atoms with E-state index in [4.69, 9.17) is 69.6 Å². The van der Waals surface area contributed by atoms with Crippen molar-refractivity contribution in [2.45, 2.75) is 77.0 Å². The van der Waals surface area contributed by atoms with Crippen molar-refractivity contribution in [3.63, 3.8) is 0 Å². The van der Waals surface area contributed by atoms with Crippen molar-refractivity contribution in [3.05, 3.63) is 469 Å². The summed E-state index contributed by atoms with van der Waals surface area (Å²) in [6.45, 7) is 18.6. The number of halogens is 6. The highest BCUT2D eigenvalue weighted by Crippen LogP contribution is 2.64. The van der Waals surface area contributed by atoms with Gasteiger partial charge in [-0.15, -0.1) is 0 Å². The molecule has 26 rings (SSSR count). The SMILES string of the molecule is CC1(C)c2cc3ccccc3c3c2N(c2ccccc2C3(C)C)c2ccc3cc(C=C4C(=O)c5cc6ccccc6cc5C4=O)ccc3c21.CC1(C)c2cc3ccccc3cc2N(c2ccccc2)c2ccc3cc(C=C4C(=O)c5c(Cl)c(Cl)c(Cl)c(Cl)c5C4=O)ccc3c21.CC1(C)c2cc3ccccc3cc2N(c2ccccc2)c2ccc3cc(C=C4C(=O)c5c(Cl)ccc(Cl)c5C4=O)ccc3c21. The lowest BCUT2D eigenvalue weighted by Gasteiger charge is -2.50. The van der Waals surface area contributed by atoms with Gasteiger partial charge in [0.2, 0.25) is 0 Å². The van der Waals surface area contributed by atoms with Crippen LogP contribution in [0.25, 0.3) is 93.6 Å². The van der Waals surface area contributed by atoms with Gasteiger partial charge < -0.3 is 14.7 Å². The highest BCUT2D eigenvalue weighted by atomic mass is 35.5. The van der Waals surface area contributed by atoms with Crippen molar-refractivity contribution in [2.75, 3.05) is 14.7 Å². The number of benzene rings is 19. The highest BCUT2D eigenvalue weighted by Gasteiger charge is 2.49. The number of carbonyl (C=O) groups excluding carboxylic acids is 6. The smallest absolute Gasteiger partial charge is 0.199 e. The van der Waals surface area contributed by atoms with E-state index in [9.17, 15) is 28.8 Å². The summed E-state index contributed by atoms with van der Waals surface area (Å²) in [5.41, 5.74) is 23.3. The van der Waals surface area contributed by atoms with E-state index >= 15 is 0 Å². The predicted molar refractivity (Wildman–Crippen MR) is 574 cm³/mol. The van der Waals surface area contributed by atoms with Gasteiger partial charge in [0.05, 0.1) is 109 Å². The third-order valence-electron chi connectivity index (χ3n) is 29.7. The number of para-hydroxylation sites is 3. The maximum atomic E-state index is 13.6. The molecule has 0 saturated carbocycles. The molecule has 3 aliphatic carbocycles. The topological polar surface area (TPSA) is 112 Å². The monoisotopic (exact) mass is 1920 g/mol. The average molecular weight is 1920 g/mol. The van der Waals surface area contributed by atoms with Crippen molar-refractivity contribution < 1.29 is 28.8 Å². The molecule has 19 aromatic rings. The second-order valence-electron chi connectivity index (χ2n) is 39.0.